The van der Waals surface area contributed by atoms with E-state index in [2.05, 4.69) is 0 Å². The molecule has 0 aliphatic carbocycles. The van der Waals surface area contributed by atoms with Crippen molar-refractivity contribution in [1.82, 2.24) is 0 Å². The molecule has 0 aromatic heterocycles. The van der Waals surface area contributed by atoms with E-state index in [0.29, 0.717) is 5.05 Å². The van der Waals surface area contributed by atoms with Crippen LogP contribution in [0.15, 0.2) is 48.5 Å². The first-order valence-corrected chi connectivity index (χ1v) is 5.98. The summed E-state index contributed by atoms with van der Waals surface area (Å²) in [6.45, 7) is 0. The molecule has 3 heteroatoms. The van der Waals surface area contributed by atoms with Crippen LogP contribution in [0.25, 0.3) is 11.1 Å². The van der Waals surface area contributed by atoms with Gasteiger partial charge in [0.25, 0.3) is 0 Å². The maximum absolute atomic E-state index is 5.21. The maximum Gasteiger partial charge on any atom is 0.190 e. The van der Waals surface area contributed by atoms with Crippen molar-refractivity contribution in [2.45, 2.75) is 0 Å². The number of hydrogen-bond acceptors (Lipinski definition) is 3. The Morgan fingerprint density at radius 1 is 0.944 bits per heavy atom. The van der Waals surface area contributed by atoms with Crippen LogP contribution in [0.2, 0.25) is 0 Å². The highest BCUT2D eigenvalue weighted by molar-refractivity contribution is 7.80. The molecule has 0 aliphatic rings. The quantitative estimate of drug-likeness (QED) is 0.782. The van der Waals surface area contributed by atoms with Gasteiger partial charge in [0.15, 0.2) is 5.05 Å². The smallest absolute Gasteiger partial charge is 0.190 e. The second-order valence-corrected chi connectivity index (χ2v) is 4.17. The number of benzene rings is 2. The number of thiocarbonyl (C=S) groups is 1. The fourth-order valence-corrected chi connectivity index (χ4v) is 1.86. The first-order valence-electron chi connectivity index (χ1n) is 5.57. The predicted molar refractivity (Wildman–Crippen MR) is 77.1 cm³/mol. The van der Waals surface area contributed by atoms with Gasteiger partial charge in [0, 0.05) is 5.56 Å². The summed E-state index contributed by atoms with van der Waals surface area (Å²) in [6, 6.07) is 15.9. The van der Waals surface area contributed by atoms with Gasteiger partial charge in [0.1, 0.15) is 5.75 Å². The molecular formula is C15H14O2S. The van der Waals surface area contributed by atoms with Gasteiger partial charge in [-0.3, -0.25) is 0 Å². The molecule has 2 nitrogen and oxygen atoms in total. The lowest BCUT2D eigenvalue weighted by Crippen LogP contribution is -1.98. The van der Waals surface area contributed by atoms with Crippen LogP contribution >= 0.6 is 12.2 Å². The summed E-state index contributed by atoms with van der Waals surface area (Å²) >= 11 is 5.08. The molecule has 0 N–H and O–H groups in total. The molecule has 0 radical (unpaired) electrons. The molecule has 0 unspecified atom stereocenters. The summed E-state index contributed by atoms with van der Waals surface area (Å²) in [6.07, 6.45) is 0. The van der Waals surface area contributed by atoms with Crippen molar-refractivity contribution in [3.63, 3.8) is 0 Å². The lowest BCUT2D eigenvalue weighted by atomic mass is 10.0. The van der Waals surface area contributed by atoms with Gasteiger partial charge in [-0.25, -0.2) is 0 Å². The minimum atomic E-state index is 0.507. The molecule has 2 rings (SSSR count). The summed E-state index contributed by atoms with van der Waals surface area (Å²) in [4.78, 5) is 0. The third-order valence-electron chi connectivity index (χ3n) is 2.71. The highest BCUT2D eigenvalue weighted by Gasteiger charge is 2.02. The van der Waals surface area contributed by atoms with Gasteiger partial charge in [-0.15, -0.1) is 0 Å². The molecule has 18 heavy (non-hydrogen) atoms. The second kappa shape index (κ2) is 5.65. The van der Waals surface area contributed by atoms with Crippen molar-refractivity contribution in [2.75, 3.05) is 14.2 Å². The monoisotopic (exact) mass is 258 g/mol. The van der Waals surface area contributed by atoms with Crippen molar-refractivity contribution in [2.24, 2.45) is 0 Å². The van der Waals surface area contributed by atoms with Gasteiger partial charge in [-0.05, 0) is 47.6 Å². The first-order chi connectivity index (χ1) is 8.74. The molecule has 0 fully saturated rings. The molecule has 2 aromatic carbocycles. The summed E-state index contributed by atoms with van der Waals surface area (Å²) in [7, 11) is 3.25. The lowest BCUT2D eigenvalue weighted by Gasteiger charge is -2.06. The van der Waals surface area contributed by atoms with E-state index >= 15 is 0 Å². The van der Waals surface area contributed by atoms with Crippen molar-refractivity contribution in [1.29, 1.82) is 0 Å². The molecule has 0 saturated heterocycles. The summed E-state index contributed by atoms with van der Waals surface area (Å²) in [5.74, 6) is 0.851. The van der Waals surface area contributed by atoms with Gasteiger partial charge in [0.05, 0.1) is 14.2 Å². The molecule has 0 amide bonds. The van der Waals surface area contributed by atoms with Crippen LogP contribution in [0.4, 0.5) is 0 Å². The largest absolute Gasteiger partial charge is 0.497 e. The molecule has 0 atom stereocenters. The zero-order chi connectivity index (χ0) is 13.0. The van der Waals surface area contributed by atoms with Crippen LogP contribution < -0.4 is 4.74 Å². The van der Waals surface area contributed by atoms with Crippen LogP contribution in [-0.4, -0.2) is 19.3 Å². The Morgan fingerprint density at radius 2 is 1.67 bits per heavy atom. The van der Waals surface area contributed by atoms with E-state index in [0.717, 1.165) is 22.4 Å². The van der Waals surface area contributed by atoms with E-state index in [1.54, 1.807) is 14.2 Å². The molecule has 0 aliphatic heterocycles. The fourth-order valence-electron chi connectivity index (χ4n) is 1.72. The number of methoxy groups -OCH3 is 2. The van der Waals surface area contributed by atoms with E-state index in [1.165, 1.54) is 0 Å². The number of rotatable bonds is 3. The lowest BCUT2D eigenvalue weighted by molar-refractivity contribution is 0.415. The Balaban J connectivity index is 2.31. The van der Waals surface area contributed by atoms with Crippen molar-refractivity contribution in [3.05, 3.63) is 54.1 Å². The molecule has 0 heterocycles. The minimum Gasteiger partial charge on any atom is -0.497 e. The number of hydrogen-bond donors (Lipinski definition) is 0. The Kier molecular flexibility index (Phi) is 3.95. The molecule has 0 spiro atoms. The average Bonchev–Trinajstić information content (AvgIpc) is 2.46. The number of ether oxygens (including phenoxy) is 2. The zero-order valence-electron chi connectivity index (χ0n) is 10.3. The third-order valence-corrected chi connectivity index (χ3v) is 3.11. The Morgan fingerprint density at radius 3 is 2.28 bits per heavy atom. The molecule has 0 bridgehead atoms. The average molecular weight is 258 g/mol. The maximum atomic E-state index is 5.21. The molecule has 92 valence electrons. The van der Waals surface area contributed by atoms with E-state index in [9.17, 15) is 0 Å². The van der Waals surface area contributed by atoms with Crippen LogP contribution in [0, 0.1) is 0 Å². The van der Waals surface area contributed by atoms with Gasteiger partial charge in [0.2, 0.25) is 0 Å². The van der Waals surface area contributed by atoms with Crippen LogP contribution in [-0.2, 0) is 4.74 Å². The summed E-state index contributed by atoms with van der Waals surface area (Å²) in [5, 5.41) is 0.507. The van der Waals surface area contributed by atoms with E-state index in [4.69, 9.17) is 21.7 Å². The first kappa shape index (κ1) is 12.6. The van der Waals surface area contributed by atoms with E-state index in [1.807, 2.05) is 48.5 Å². The van der Waals surface area contributed by atoms with Crippen LogP contribution in [0.3, 0.4) is 0 Å². The second-order valence-electron chi connectivity index (χ2n) is 3.80. The zero-order valence-corrected chi connectivity index (χ0v) is 11.2. The molecular weight excluding hydrogens is 244 g/mol. The Hall–Kier alpha value is -1.87. The molecule has 0 saturated carbocycles. The minimum absolute atomic E-state index is 0.507. The normalized spacial score (nSPS) is 9.89. The highest BCUT2D eigenvalue weighted by atomic mass is 32.1. The van der Waals surface area contributed by atoms with Crippen molar-refractivity contribution >= 4 is 17.3 Å². The van der Waals surface area contributed by atoms with Gasteiger partial charge < -0.3 is 9.47 Å². The highest BCUT2D eigenvalue weighted by Crippen LogP contribution is 2.24. The van der Waals surface area contributed by atoms with Crippen molar-refractivity contribution in [3.8, 4) is 16.9 Å². The summed E-state index contributed by atoms with van der Waals surface area (Å²) < 4.78 is 10.2. The van der Waals surface area contributed by atoms with Gasteiger partial charge in [-0.2, -0.15) is 0 Å². The van der Waals surface area contributed by atoms with Crippen molar-refractivity contribution < 1.29 is 9.47 Å². The van der Waals surface area contributed by atoms with E-state index < -0.39 is 0 Å². The fraction of sp³-hybridized carbons (Fsp3) is 0.133. The van der Waals surface area contributed by atoms with Gasteiger partial charge in [-0.1, -0.05) is 24.3 Å². The third kappa shape index (κ3) is 2.68. The predicted octanol–water partition coefficient (Wildman–Crippen LogP) is 3.68. The summed E-state index contributed by atoms with van der Waals surface area (Å²) in [5.41, 5.74) is 3.15. The topological polar surface area (TPSA) is 18.5 Å². The SMILES string of the molecule is COC(=S)c1ccc(-c2cccc(OC)c2)cc1. The van der Waals surface area contributed by atoms with E-state index in [-0.39, 0.29) is 0 Å². The van der Waals surface area contributed by atoms with Crippen LogP contribution in [0.1, 0.15) is 5.56 Å². The molecule has 2 aromatic rings. The standard InChI is InChI=1S/C15H14O2S/c1-16-14-5-3-4-13(10-14)11-6-8-12(9-7-11)15(18)17-2/h3-10H,1-2H3. The van der Waals surface area contributed by atoms with Gasteiger partial charge >= 0.3 is 0 Å². The Labute approximate surface area is 112 Å². The Bertz CT molecular complexity index is 547. The van der Waals surface area contributed by atoms with Crippen LogP contribution in [0.5, 0.6) is 5.75 Å².